The van der Waals surface area contributed by atoms with Crippen LogP contribution in [-0.2, 0) is 9.47 Å². The Kier molecular flexibility index (Phi) is 3.71. The van der Waals surface area contributed by atoms with E-state index in [-0.39, 0.29) is 5.79 Å². The third-order valence-electron chi connectivity index (χ3n) is 4.02. The van der Waals surface area contributed by atoms with Crippen LogP contribution in [0.15, 0.2) is 17.5 Å². The number of hydrogen-bond acceptors (Lipinski definition) is 4. The second-order valence-electron chi connectivity index (χ2n) is 5.29. The molecule has 1 atom stereocenters. The molecule has 4 heteroatoms. The van der Waals surface area contributed by atoms with Crippen molar-refractivity contribution in [2.75, 3.05) is 13.2 Å². The summed E-state index contributed by atoms with van der Waals surface area (Å²) < 4.78 is 11.5. The van der Waals surface area contributed by atoms with Crippen molar-refractivity contribution in [3.8, 4) is 0 Å². The van der Waals surface area contributed by atoms with Crippen LogP contribution < -0.4 is 5.32 Å². The van der Waals surface area contributed by atoms with Gasteiger partial charge in [0.05, 0.1) is 13.2 Å². The Hall–Kier alpha value is -0.420. The van der Waals surface area contributed by atoms with E-state index < -0.39 is 0 Å². The molecule has 3 rings (SSSR count). The highest BCUT2D eigenvalue weighted by atomic mass is 32.1. The van der Waals surface area contributed by atoms with Crippen LogP contribution in [0.2, 0.25) is 0 Å². The first-order valence-corrected chi connectivity index (χ1v) is 7.73. The number of thiophene rings is 1. The van der Waals surface area contributed by atoms with Crippen molar-refractivity contribution in [2.24, 2.45) is 0 Å². The van der Waals surface area contributed by atoms with Gasteiger partial charge in [0.2, 0.25) is 0 Å². The van der Waals surface area contributed by atoms with Crippen LogP contribution in [0.3, 0.4) is 0 Å². The van der Waals surface area contributed by atoms with Gasteiger partial charge in [0.15, 0.2) is 5.79 Å². The van der Waals surface area contributed by atoms with Gasteiger partial charge in [0.25, 0.3) is 0 Å². The van der Waals surface area contributed by atoms with E-state index in [1.165, 1.54) is 4.88 Å². The van der Waals surface area contributed by atoms with Crippen molar-refractivity contribution < 1.29 is 9.47 Å². The molecule has 1 aliphatic heterocycles. The predicted molar refractivity (Wildman–Crippen MR) is 72.8 cm³/mol. The summed E-state index contributed by atoms with van der Waals surface area (Å²) in [6.45, 7) is 3.78. The summed E-state index contributed by atoms with van der Waals surface area (Å²) in [4.78, 5) is 1.42. The lowest BCUT2D eigenvalue weighted by Gasteiger charge is -2.36. The van der Waals surface area contributed by atoms with Gasteiger partial charge < -0.3 is 14.8 Å². The first-order valence-electron chi connectivity index (χ1n) is 6.85. The molecule has 2 fully saturated rings. The van der Waals surface area contributed by atoms with Crippen molar-refractivity contribution >= 4 is 11.3 Å². The second kappa shape index (κ2) is 5.29. The first kappa shape index (κ1) is 12.6. The van der Waals surface area contributed by atoms with E-state index in [0.717, 1.165) is 38.9 Å². The van der Waals surface area contributed by atoms with E-state index in [1.807, 2.05) is 11.3 Å². The number of hydrogen-bond donors (Lipinski definition) is 1. The van der Waals surface area contributed by atoms with Crippen molar-refractivity contribution in [1.82, 2.24) is 5.32 Å². The van der Waals surface area contributed by atoms with Crippen molar-refractivity contribution in [2.45, 2.75) is 50.5 Å². The van der Waals surface area contributed by atoms with E-state index in [4.69, 9.17) is 9.47 Å². The Morgan fingerprint density at radius 2 is 2.06 bits per heavy atom. The molecule has 0 amide bonds. The molecule has 0 bridgehead atoms. The molecule has 1 aliphatic carbocycles. The molecule has 2 heterocycles. The van der Waals surface area contributed by atoms with E-state index in [1.54, 1.807) is 0 Å². The zero-order valence-corrected chi connectivity index (χ0v) is 11.7. The fourth-order valence-corrected chi connectivity index (χ4v) is 3.73. The minimum atomic E-state index is -0.232. The van der Waals surface area contributed by atoms with Crippen molar-refractivity contribution in [3.63, 3.8) is 0 Å². The maximum atomic E-state index is 5.76. The standard InChI is InChI=1S/C14H21NO2S/c1-11(13-3-2-10-18-13)15-12-4-6-14(7-5-12)16-8-9-17-14/h2-3,10-12,15H,4-9H2,1H3. The third kappa shape index (κ3) is 2.62. The lowest BCUT2D eigenvalue weighted by molar-refractivity contribution is -0.179. The van der Waals surface area contributed by atoms with Crippen molar-refractivity contribution in [1.29, 1.82) is 0 Å². The first-order chi connectivity index (χ1) is 8.77. The van der Waals surface area contributed by atoms with Gasteiger partial charge in [-0.3, -0.25) is 0 Å². The summed E-state index contributed by atoms with van der Waals surface area (Å²) in [5, 5.41) is 5.87. The molecule has 2 aliphatic rings. The number of rotatable bonds is 3. The smallest absolute Gasteiger partial charge is 0.168 e. The van der Waals surface area contributed by atoms with Crippen LogP contribution in [-0.4, -0.2) is 25.0 Å². The summed E-state index contributed by atoms with van der Waals surface area (Å²) in [5.74, 6) is -0.232. The molecular formula is C14H21NO2S. The minimum absolute atomic E-state index is 0.232. The van der Waals surface area contributed by atoms with Crippen LogP contribution in [0.25, 0.3) is 0 Å². The van der Waals surface area contributed by atoms with Crippen LogP contribution in [0.4, 0.5) is 0 Å². The maximum Gasteiger partial charge on any atom is 0.168 e. The Balaban J connectivity index is 1.51. The highest BCUT2D eigenvalue weighted by Crippen LogP contribution is 2.36. The van der Waals surface area contributed by atoms with Gasteiger partial charge in [-0.05, 0) is 31.2 Å². The predicted octanol–water partition coefficient (Wildman–Crippen LogP) is 3.08. The van der Waals surface area contributed by atoms with E-state index in [9.17, 15) is 0 Å². The molecule has 1 aromatic heterocycles. The second-order valence-corrected chi connectivity index (χ2v) is 6.26. The molecule has 1 spiro atoms. The van der Waals surface area contributed by atoms with Gasteiger partial charge in [-0.2, -0.15) is 0 Å². The van der Waals surface area contributed by atoms with Crippen LogP contribution in [0.5, 0.6) is 0 Å². The molecule has 0 radical (unpaired) electrons. The maximum absolute atomic E-state index is 5.76. The van der Waals surface area contributed by atoms with Crippen LogP contribution in [0, 0.1) is 0 Å². The SMILES string of the molecule is CC(NC1CCC2(CC1)OCCO2)c1cccs1. The Bertz CT molecular complexity index is 363. The van der Waals surface area contributed by atoms with Crippen molar-refractivity contribution in [3.05, 3.63) is 22.4 Å². The van der Waals surface area contributed by atoms with E-state index in [0.29, 0.717) is 12.1 Å². The summed E-state index contributed by atoms with van der Waals surface area (Å²) in [6.07, 6.45) is 4.36. The zero-order valence-electron chi connectivity index (χ0n) is 10.9. The largest absolute Gasteiger partial charge is 0.348 e. The average molecular weight is 267 g/mol. The molecule has 3 nitrogen and oxygen atoms in total. The Labute approximate surface area is 112 Å². The lowest BCUT2D eigenvalue weighted by Crippen LogP contribution is -2.42. The zero-order chi connectivity index (χ0) is 12.4. The van der Waals surface area contributed by atoms with Gasteiger partial charge in [0.1, 0.15) is 0 Å². The molecule has 18 heavy (non-hydrogen) atoms. The Morgan fingerprint density at radius 3 is 2.67 bits per heavy atom. The number of nitrogens with one attached hydrogen (secondary N) is 1. The van der Waals surface area contributed by atoms with E-state index >= 15 is 0 Å². The van der Waals surface area contributed by atoms with Gasteiger partial charge in [-0.1, -0.05) is 6.07 Å². The van der Waals surface area contributed by atoms with Crippen LogP contribution >= 0.6 is 11.3 Å². The molecule has 100 valence electrons. The summed E-state index contributed by atoms with van der Waals surface area (Å²) in [6, 6.07) is 5.37. The molecule has 1 saturated heterocycles. The summed E-state index contributed by atoms with van der Waals surface area (Å²) in [7, 11) is 0. The fraction of sp³-hybridized carbons (Fsp3) is 0.714. The minimum Gasteiger partial charge on any atom is -0.348 e. The van der Waals surface area contributed by atoms with Gasteiger partial charge in [-0.25, -0.2) is 0 Å². The summed E-state index contributed by atoms with van der Waals surface area (Å²) in [5.41, 5.74) is 0. The molecule has 1 aromatic rings. The average Bonchev–Trinajstić information content (AvgIpc) is 3.04. The molecule has 1 saturated carbocycles. The van der Waals surface area contributed by atoms with Gasteiger partial charge in [-0.15, -0.1) is 11.3 Å². The fourth-order valence-electron chi connectivity index (χ4n) is 2.98. The molecule has 0 aromatic carbocycles. The monoisotopic (exact) mass is 267 g/mol. The molecule has 1 unspecified atom stereocenters. The normalized spacial score (nSPS) is 25.6. The highest BCUT2D eigenvalue weighted by Gasteiger charge is 2.40. The number of ether oxygens (including phenoxy) is 2. The quantitative estimate of drug-likeness (QED) is 0.913. The van der Waals surface area contributed by atoms with E-state index in [2.05, 4.69) is 29.8 Å². The third-order valence-corrected chi connectivity index (χ3v) is 5.07. The summed E-state index contributed by atoms with van der Waals surface area (Å²) >= 11 is 1.83. The Morgan fingerprint density at radius 1 is 1.33 bits per heavy atom. The molecular weight excluding hydrogens is 246 g/mol. The molecule has 1 N–H and O–H groups in total. The van der Waals surface area contributed by atoms with Crippen LogP contribution in [0.1, 0.15) is 43.5 Å². The van der Waals surface area contributed by atoms with Gasteiger partial charge >= 0.3 is 0 Å². The topological polar surface area (TPSA) is 30.5 Å². The highest BCUT2D eigenvalue weighted by molar-refractivity contribution is 7.10. The van der Waals surface area contributed by atoms with Gasteiger partial charge in [0, 0.05) is 29.8 Å². The lowest BCUT2D eigenvalue weighted by atomic mass is 9.89.